The molecular formula is C18H28N2O. The van der Waals surface area contributed by atoms with Gasteiger partial charge in [-0.15, -0.1) is 0 Å². The average molecular weight is 288 g/mol. The monoisotopic (exact) mass is 288 g/mol. The van der Waals surface area contributed by atoms with Crippen molar-refractivity contribution < 1.29 is 5.11 Å². The second-order valence-electron chi connectivity index (χ2n) is 6.63. The number of benzene rings is 1. The molecule has 1 aliphatic heterocycles. The van der Waals surface area contributed by atoms with Crippen molar-refractivity contribution >= 4 is 5.69 Å². The van der Waals surface area contributed by atoms with Crippen LogP contribution in [0.5, 0.6) is 0 Å². The first-order valence-electron chi connectivity index (χ1n) is 8.52. The number of rotatable bonds is 6. The Morgan fingerprint density at radius 3 is 2.43 bits per heavy atom. The Morgan fingerprint density at radius 2 is 1.71 bits per heavy atom. The summed E-state index contributed by atoms with van der Waals surface area (Å²) >= 11 is 0. The van der Waals surface area contributed by atoms with Crippen LogP contribution in [0.1, 0.15) is 37.7 Å². The zero-order chi connectivity index (χ0) is 14.5. The zero-order valence-corrected chi connectivity index (χ0v) is 12.9. The van der Waals surface area contributed by atoms with E-state index in [0.717, 1.165) is 13.1 Å². The fraction of sp³-hybridized carbons (Fsp3) is 0.667. The molecule has 116 valence electrons. The maximum Gasteiger partial charge on any atom is 0.0462 e. The van der Waals surface area contributed by atoms with E-state index < -0.39 is 0 Å². The van der Waals surface area contributed by atoms with Gasteiger partial charge in [-0.3, -0.25) is 0 Å². The summed E-state index contributed by atoms with van der Waals surface area (Å²) in [6.07, 6.45) is 6.41. The first kappa shape index (κ1) is 14.9. The predicted octanol–water partition coefficient (Wildman–Crippen LogP) is 2.79. The number of aliphatic hydroxyl groups is 1. The van der Waals surface area contributed by atoms with Crippen molar-refractivity contribution in [2.45, 2.75) is 38.6 Å². The molecule has 2 N–H and O–H groups in total. The lowest BCUT2D eigenvalue weighted by Crippen LogP contribution is -2.26. The van der Waals surface area contributed by atoms with E-state index in [0.29, 0.717) is 18.4 Å². The van der Waals surface area contributed by atoms with Crippen LogP contribution in [0.3, 0.4) is 0 Å². The zero-order valence-electron chi connectivity index (χ0n) is 12.9. The fourth-order valence-electron chi connectivity index (χ4n) is 3.82. The van der Waals surface area contributed by atoms with Crippen molar-refractivity contribution in [3.63, 3.8) is 0 Å². The molecule has 2 aliphatic rings. The molecule has 21 heavy (non-hydrogen) atoms. The van der Waals surface area contributed by atoms with Gasteiger partial charge in [-0.1, -0.05) is 18.6 Å². The highest BCUT2D eigenvalue weighted by molar-refractivity contribution is 5.48. The molecule has 2 fully saturated rings. The highest BCUT2D eigenvalue weighted by atomic mass is 16.3. The Morgan fingerprint density at radius 1 is 1.00 bits per heavy atom. The Bertz CT molecular complexity index is 425. The van der Waals surface area contributed by atoms with E-state index in [-0.39, 0.29) is 0 Å². The van der Waals surface area contributed by atoms with Crippen molar-refractivity contribution in [1.29, 1.82) is 0 Å². The van der Waals surface area contributed by atoms with Crippen LogP contribution in [0.15, 0.2) is 24.3 Å². The molecule has 0 radical (unpaired) electrons. The van der Waals surface area contributed by atoms with Gasteiger partial charge in [0.15, 0.2) is 0 Å². The van der Waals surface area contributed by atoms with Crippen molar-refractivity contribution in [1.82, 2.24) is 5.32 Å². The Kier molecular flexibility index (Phi) is 5.15. The standard InChI is InChI=1S/C18H28N2O/c21-14-17-5-3-4-16(17)13-19-12-15-6-8-18(9-7-15)20-10-1-2-11-20/h6-9,16-17,19,21H,1-5,10-14H2. The largest absolute Gasteiger partial charge is 0.396 e. The van der Waals surface area contributed by atoms with Crippen LogP contribution in [0, 0.1) is 11.8 Å². The lowest BCUT2D eigenvalue weighted by Gasteiger charge is -2.19. The Labute approximate surface area is 128 Å². The molecule has 1 aromatic rings. The molecule has 1 saturated carbocycles. The van der Waals surface area contributed by atoms with Crippen LogP contribution in [-0.2, 0) is 6.54 Å². The maximum atomic E-state index is 9.35. The van der Waals surface area contributed by atoms with Gasteiger partial charge in [0.05, 0.1) is 0 Å². The van der Waals surface area contributed by atoms with Crippen LogP contribution >= 0.6 is 0 Å². The quantitative estimate of drug-likeness (QED) is 0.845. The lowest BCUT2D eigenvalue weighted by atomic mass is 9.97. The van der Waals surface area contributed by atoms with Crippen molar-refractivity contribution in [2.24, 2.45) is 11.8 Å². The van der Waals surface area contributed by atoms with Gasteiger partial charge in [0, 0.05) is 31.9 Å². The summed E-state index contributed by atoms with van der Waals surface area (Å²) < 4.78 is 0. The number of hydrogen-bond acceptors (Lipinski definition) is 3. The summed E-state index contributed by atoms with van der Waals surface area (Å²) in [5, 5.41) is 12.9. The first-order valence-corrected chi connectivity index (χ1v) is 8.52. The molecule has 0 spiro atoms. The highest BCUT2D eigenvalue weighted by Crippen LogP contribution is 2.30. The van der Waals surface area contributed by atoms with Crippen molar-refractivity contribution in [2.75, 3.05) is 31.1 Å². The summed E-state index contributed by atoms with van der Waals surface area (Å²) in [5.74, 6) is 1.19. The van der Waals surface area contributed by atoms with Gasteiger partial charge >= 0.3 is 0 Å². The van der Waals surface area contributed by atoms with Gasteiger partial charge in [0.1, 0.15) is 0 Å². The van der Waals surface area contributed by atoms with Gasteiger partial charge in [0.25, 0.3) is 0 Å². The third kappa shape index (κ3) is 3.78. The highest BCUT2D eigenvalue weighted by Gasteiger charge is 2.25. The second-order valence-corrected chi connectivity index (χ2v) is 6.63. The molecular weight excluding hydrogens is 260 g/mol. The molecule has 2 atom stereocenters. The minimum Gasteiger partial charge on any atom is -0.396 e. The number of aliphatic hydroxyl groups excluding tert-OH is 1. The molecule has 3 rings (SSSR count). The predicted molar refractivity (Wildman–Crippen MR) is 87.5 cm³/mol. The summed E-state index contributed by atoms with van der Waals surface area (Å²) in [6, 6.07) is 9.01. The van der Waals surface area contributed by atoms with Crippen LogP contribution in [0.2, 0.25) is 0 Å². The minimum absolute atomic E-state index is 0.358. The van der Waals surface area contributed by atoms with E-state index in [1.807, 2.05) is 0 Å². The van der Waals surface area contributed by atoms with E-state index in [1.165, 1.54) is 56.4 Å². The van der Waals surface area contributed by atoms with Crippen molar-refractivity contribution in [3.8, 4) is 0 Å². The summed E-state index contributed by atoms with van der Waals surface area (Å²) in [5.41, 5.74) is 2.73. The number of nitrogens with zero attached hydrogens (tertiary/aromatic N) is 1. The molecule has 0 amide bonds. The van der Waals surface area contributed by atoms with Gasteiger partial charge in [-0.25, -0.2) is 0 Å². The summed E-state index contributed by atoms with van der Waals surface area (Å²) in [7, 11) is 0. The normalized spacial score (nSPS) is 25.7. The van der Waals surface area contributed by atoms with Gasteiger partial charge in [-0.2, -0.15) is 0 Å². The fourth-order valence-corrected chi connectivity index (χ4v) is 3.82. The van der Waals surface area contributed by atoms with E-state index >= 15 is 0 Å². The van der Waals surface area contributed by atoms with Crippen LogP contribution in [0.25, 0.3) is 0 Å². The van der Waals surface area contributed by atoms with Crippen LogP contribution in [-0.4, -0.2) is 31.3 Å². The SMILES string of the molecule is OCC1CCCC1CNCc1ccc(N2CCCC2)cc1. The Balaban J connectivity index is 1.45. The number of hydrogen-bond donors (Lipinski definition) is 2. The first-order chi connectivity index (χ1) is 10.4. The molecule has 0 bridgehead atoms. The van der Waals surface area contributed by atoms with E-state index in [4.69, 9.17) is 0 Å². The topological polar surface area (TPSA) is 35.5 Å². The lowest BCUT2D eigenvalue weighted by molar-refractivity contribution is 0.192. The van der Waals surface area contributed by atoms with E-state index in [1.54, 1.807) is 0 Å². The molecule has 1 heterocycles. The van der Waals surface area contributed by atoms with E-state index in [2.05, 4.69) is 34.5 Å². The minimum atomic E-state index is 0.358. The van der Waals surface area contributed by atoms with Gasteiger partial charge in [-0.05, 0) is 61.8 Å². The van der Waals surface area contributed by atoms with E-state index in [9.17, 15) is 5.11 Å². The van der Waals surface area contributed by atoms with Gasteiger partial charge < -0.3 is 15.3 Å². The molecule has 1 saturated heterocycles. The van der Waals surface area contributed by atoms with Gasteiger partial charge in [0.2, 0.25) is 0 Å². The third-order valence-electron chi connectivity index (χ3n) is 5.19. The van der Waals surface area contributed by atoms with Crippen LogP contribution < -0.4 is 10.2 Å². The van der Waals surface area contributed by atoms with Crippen molar-refractivity contribution in [3.05, 3.63) is 29.8 Å². The summed E-state index contributed by atoms with van der Waals surface area (Å²) in [4.78, 5) is 2.47. The number of nitrogens with one attached hydrogen (secondary N) is 1. The molecule has 0 aromatic heterocycles. The molecule has 1 aromatic carbocycles. The van der Waals surface area contributed by atoms with Crippen LogP contribution in [0.4, 0.5) is 5.69 Å². The maximum absolute atomic E-state index is 9.35. The Hall–Kier alpha value is -1.06. The second kappa shape index (κ2) is 7.28. The molecule has 3 heteroatoms. The average Bonchev–Trinajstić information content (AvgIpc) is 3.19. The summed E-state index contributed by atoms with van der Waals surface area (Å²) in [6.45, 7) is 4.76. The smallest absolute Gasteiger partial charge is 0.0462 e. The number of anilines is 1. The molecule has 1 aliphatic carbocycles. The third-order valence-corrected chi connectivity index (χ3v) is 5.19. The molecule has 2 unspecified atom stereocenters. The molecule has 3 nitrogen and oxygen atoms in total.